The van der Waals surface area contributed by atoms with E-state index in [0.717, 1.165) is 29.1 Å². The van der Waals surface area contributed by atoms with E-state index in [1.54, 1.807) is 6.20 Å². The first-order chi connectivity index (χ1) is 12.1. The first-order valence-corrected chi connectivity index (χ1v) is 8.54. The number of anilines is 1. The minimum atomic E-state index is -0.268. The number of benzene rings is 2. The van der Waals surface area contributed by atoms with Gasteiger partial charge in [0.1, 0.15) is 0 Å². The highest BCUT2D eigenvalue weighted by atomic mass is 16.1. The molecular formula is C21H21N3O. The van der Waals surface area contributed by atoms with Crippen LogP contribution in [0.1, 0.15) is 29.9 Å². The van der Waals surface area contributed by atoms with Crippen molar-refractivity contribution >= 4 is 11.5 Å². The quantitative estimate of drug-likeness (QED) is 0.785. The molecule has 0 spiro atoms. The molecule has 2 aromatic carbocycles. The van der Waals surface area contributed by atoms with E-state index >= 15 is 0 Å². The second kappa shape index (κ2) is 5.88. The first kappa shape index (κ1) is 15.6. The number of hydrogen-bond donors (Lipinski definition) is 1. The van der Waals surface area contributed by atoms with Gasteiger partial charge in [0.15, 0.2) is 5.78 Å². The second-order valence-corrected chi connectivity index (χ2v) is 7.23. The maximum absolute atomic E-state index is 13.2. The molecule has 0 amide bonds. The Bertz CT molecular complexity index is 897. The Morgan fingerprint density at radius 3 is 2.36 bits per heavy atom. The fraction of sp³-hybridized carbons (Fsp3) is 0.238. The van der Waals surface area contributed by atoms with Crippen LogP contribution in [0.2, 0.25) is 0 Å². The third kappa shape index (κ3) is 2.74. The largest absolute Gasteiger partial charge is 0.375 e. The molecule has 0 radical (unpaired) electrons. The molecule has 4 nitrogen and oxygen atoms in total. The first-order valence-electron chi connectivity index (χ1n) is 8.54. The third-order valence-electron chi connectivity index (χ3n) is 4.89. The van der Waals surface area contributed by atoms with Crippen LogP contribution in [0.3, 0.4) is 0 Å². The number of nitrogens with zero attached hydrogens (tertiary/aromatic N) is 2. The van der Waals surface area contributed by atoms with Crippen LogP contribution in [0.5, 0.6) is 0 Å². The molecule has 1 unspecified atom stereocenters. The van der Waals surface area contributed by atoms with Crippen molar-refractivity contribution < 1.29 is 4.79 Å². The van der Waals surface area contributed by atoms with Crippen LogP contribution >= 0.6 is 0 Å². The zero-order chi connectivity index (χ0) is 17.4. The van der Waals surface area contributed by atoms with Crippen molar-refractivity contribution in [2.24, 2.45) is 5.41 Å². The van der Waals surface area contributed by atoms with E-state index in [2.05, 4.69) is 24.3 Å². The Labute approximate surface area is 147 Å². The number of carbonyl (C=O) groups is 1. The Kier molecular flexibility index (Phi) is 3.68. The highest BCUT2D eigenvalue weighted by molar-refractivity contribution is 6.04. The molecule has 1 N–H and O–H groups in total. The molecule has 1 heterocycles. The van der Waals surface area contributed by atoms with Crippen LogP contribution in [0, 0.1) is 5.41 Å². The summed E-state index contributed by atoms with van der Waals surface area (Å²) in [5, 5.41) is 7.92. The Balaban J connectivity index is 1.72. The van der Waals surface area contributed by atoms with Crippen molar-refractivity contribution in [3.8, 4) is 5.69 Å². The van der Waals surface area contributed by atoms with Gasteiger partial charge < -0.3 is 5.32 Å². The predicted octanol–water partition coefficient (Wildman–Crippen LogP) is 4.12. The molecule has 1 aliphatic carbocycles. The summed E-state index contributed by atoms with van der Waals surface area (Å²) in [6.07, 6.45) is 2.49. The summed E-state index contributed by atoms with van der Waals surface area (Å²) in [4.78, 5) is 13.2. The van der Waals surface area contributed by atoms with Crippen molar-refractivity contribution in [3.05, 3.63) is 78.1 Å². The third-order valence-corrected chi connectivity index (χ3v) is 4.89. The second-order valence-electron chi connectivity index (χ2n) is 7.23. The van der Waals surface area contributed by atoms with E-state index in [0.29, 0.717) is 0 Å². The number of ketones is 1. The molecule has 1 aliphatic rings. The number of fused-ring (bicyclic) bond motifs is 1. The average molecular weight is 331 g/mol. The van der Waals surface area contributed by atoms with E-state index in [9.17, 15) is 4.79 Å². The van der Waals surface area contributed by atoms with Crippen LogP contribution in [-0.2, 0) is 6.42 Å². The topological polar surface area (TPSA) is 46.9 Å². The zero-order valence-corrected chi connectivity index (χ0v) is 14.4. The van der Waals surface area contributed by atoms with Gasteiger partial charge in [-0.05, 0) is 36.1 Å². The molecule has 0 fully saturated rings. The van der Waals surface area contributed by atoms with Gasteiger partial charge in [-0.15, -0.1) is 0 Å². The van der Waals surface area contributed by atoms with Crippen molar-refractivity contribution in [2.75, 3.05) is 5.32 Å². The summed E-state index contributed by atoms with van der Waals surface area (Å²) in [6.45, 7) is 4.27. The lowest BCUT2D eigenvalue weighted by Crippen LogP contribution is -2.48. The molecule has 3 aromatic rings. The maximum Gasteiger partial charge on any atom is 0.189 e. The molecule has 1 aromatic heterocycles. The van der Waals surface area contributed by atoms with Gasteiger partial charge in [-0.1, -0.05) is 50.2 Å². The lowest BCUT2D eigenvalue weighted by molar-refractivity contribution is 0.0882. The summed E-state index contributed by atoms with van der Waals surface area (Å²) in [6, 6.07) is 19.6. The van der Waals surface area contributed by atoms with Gasteiger partial charge in [-0.2, -0.15) is 5.10 Å². The minimum absolute atomic E-state index is 0.109. The van der Waals surface area contributed by atoms with E-state index in [4.69, 9.17) is 0 Å². The van der Waals surface area contributed by atoms with Crippen molar-refractivity contribution in [1.82, 2.24) is 9.78 Å². The maximum atomic E-state index is 13.2. The number of para-hydroxylation sites is 2. The number of aromatic nitrogens is 2. The van der Waals surface area contributed by atoms with Crippen molar-refractivity contribution in [2.45, 2.75) is 26.3 Å². The van der Waals surface area contributed by atoms with E-state index in [-0.39, 0.29) is 17.2 Å². The van der Waals surface area contributed by atoms with Gasteiger partial charge in [0.25, 0.3) is 0 Å². The summed E-state index contributed by atoms with van der Waals surface area (Å²) < 4.78 is 1.90. The zero-order valence-electron chi connectivity index (χ0n) is 14.4. The van der Waals surface area contributed by atoms with Gasteiger partial charge in [-0.3, -0.25) is 4.79 Å². The van der Waals surface area contributed by atoms with E-state index < -0.39 is 0 Å². The van der Waals surface area contributed by atoms with Gasteiger partial charge in [0, 0.05) is 5.69 Å². The fourth-order valence-electron chi connectivity index (χ4n) is 3.55. The summed E-state index contributed by atoms with van der Waals surface area (Å²) in [5.41, 5.74) is 3.45. The van der Waals surface area contributed by atoms with Gasteiger partial charge >= 0.3 is 0 Å². The fourth-order valence-corrected chi connectivity index (χ4v) is 3.55. The number of carbonyl (C=O) groups excluding carboxylic acids is 1. The molecule has 25 heavy (non-hydrogen) atoms. The van der Waals surface area contributed by atoms with Crippen LogP contribution in [0.4, 0.5) is 5.69 Å². The van der Waals surface area contributed by atoms with E-state index in [1.807, 2.05) is 65.3 Å². The molecule has 1 atom stereocenters. The smallest absolute Gasteiger partial charge is 0.189 e. The predicted molar refractivity (Wildman–Crippen MR) is 99.2 cm³/mol. The monoisotopic (exact) mass is 331 g/mol. The number of rotatable bonds is 3. The van der Waals surface area contributed by atoms with E-state index in [1.165, 1.54) is 0 Å². The van der Waals surface area contributed by atoms with Gasteiger partial charge in [0.05, 0.1) is 29.2 Å². The van der Waals surface area contributed by atoms with Crippen molar-refractivity contribution in [3.63, 3.8) is 0 Å². The molecule has 0 saturated carbocycles. The lowest BCUT2D eigenvalue weighted by Gasteiger charge is -2.38. The van der Waals surface area contributed by atoms with Crippen LogP contribution in [0.15, 0.2) is 66.9 Å². The summed E-state index contributed by atoms with van der Waals surface area (Å²) in [7, 11) is 0. The summed E-state index contributed by atoms with van der Waals surface area (Å²) in [5.74, 6) is 0.109. The summed E-state index contributed by atoms with van der Waals surface area (Å²) >= 11 is 0. The number of Topliss-reactive ketones (excluding diaryl/α,β-unsaturated/α-hetero) is 1. The van der Waals surface area contributed by atoms with Crippen LogP contribution in [-0.4, -0.2) is 21.6 Å². The minimum Gasteiger partial charge on any atom is -0.375 e. The number of hydrogen-bond acceptors (Lipinski definition) is 3. The molecule has 126 valence electrons. The van der Waals surface area contributed by atoms with Gasteiger partial charge in [-0.25, -0.2) is 4.68 Å². The lowest BCUT2D eigenvalue weighted by atomic mass is 9.72. The standard InChI is InChI=1S/C21H21N3O/c1-21(2)13-18-17(14-22-24(18)16-11-7-4-8-12-16)19(25)20(21)23-15-9-5-3-6-10-15/h3-12,14,20,23H,13H2,1-2H3. The Hall–Kier alpha value is -2.88. The SMILES string of the molecule is CC1(C)Cc2c(cnn2-c2ccccc2)C(=O)C1Nc1ccccc1. The molecule has 0 bridgehead atoms. The van der Waals surface area contributed by atoms with Crippen LogP contribution in [0.25, 0.3) is 5.69 Å². The van der Waals surface area contributed by atoms with Gasteiger partial charge in [0.2, 0.25) is 0 Å². The molecule has 0 saturated heterocycles. The highest BCUT2D eigenvalue weighted by Gasteiger charge is 2.43. The Morgan fingerprint density at radius 2 is 1.68 bits per heavy atom. The van der Waals surface area contributed by atoms with Crippen LogP contribution < -0.4 is 5.32 Å². The molecule has 4 rings (SSSR count). The normalized spacial score (nSPS) is 18.6. The van der Waals surface area contributed by atoms with Crippen molar-refractivity contribution in [1.29, 1.82) is 0 Å². The molecular weight excluding hydrogens is 310 g/mol. The molecule has 0 aliphatic heterocycles. The Morgan fingerprint density at radius 1 is 1.04 bits per heavy atom. The number of nitrogens with one attached hydrogen (secondary N) is 1. The average Bonchev–Trinajstić information content (AvgIpc) is 3.03. The molecule has 4 heteroatoms. The highest BCUT2D eigenvalue weighted by Crippen LogP contribution is 2.37.